The molecule has 0 spiro atoms. The third-order valence-corrected chi connectivity index (χ3v) is 3.84. The van der Waals surface area contributed by atoms with E-state index < -0.39 is 6.10 Å². The minimum atomic E-state index is -0.519. The lowest BCUT2D eigenvalue weighted by molar-refractivity contribution is -0.127. The predicted molar refractivity (Wildman–Crippen MR) is 80.2 cm³/mol. The highest BCUT2D eigenvalue weighted by atomic mass is 16.5. The monoisotopic (exact) mass is 301 g/mol. The smallest absolute Gasteiger partial charge is 0.260 e. The van der Waals surface area contributed by atoms with E-state index in [-0.39, 0.29) is 5.91 Å². The van der Waals surface area contributed by atoms with Gasteiger partial charge in [0.25, 0.3) is 5.91 Å². The van der Waals surface area contributed by atoms with E-state index in [2.05, 4.69) is 15.5 Å². The Morgan fingerprint density at radius 1 is 1.32 bits per heavy atom. The molecule has 6 heteroatoms. The van der Waals surface area contributed by atoms with Crippen LogP contribution in [0.15, 0.2) is 35.1 Å². The van der Waals surface area contributed by atoms with Crippen LogP contribution in [0.3, 0.4) is 0 Å². The number of benzene rings is 1. The zero-order valence-electron chi connectivity index (χ0n) is 12.5. The Hall–Kier alpha value is -2.37. The summed E-state index contributed by atoms with van der Waals surface area (Å²) in [5, 5.41) is 10.5. The van der Waals surface area contributed by atoms with Crippen molar-refractivity contribution >= 4 is 5.91 Å². The number of carbonyl (C=O) groups excluding carboxylic acids is 1. The second-order valence-corrected chi connectivity index (χ2v) is 5.52. The summed E-state index contributed by atoms with van der Waals surface area (Å²) in [6.45, 7) is 1.76. The molecule has 1 N–H and O–H groups in total. The summed E-state index contributed by atoms with van der Waals surface area (Å²) in [7, 11) is 0. The highest BCUT2D eigenvalue weighted by Crippen LogP contribution is 2.21. The Labute approximate surface area is 128 Å². The Morgan fingerprint density at radius 3 is 2.68 bits per heavy atom. The lowest BCUT2D eigenvalue weighted by Crippen LogP contribution is -2.41. The number of hydrogen-bond acceptors (Lipinski definition) is 5. The van der Waals surface area contributed by atoms with Crippen molar-refractivity contribution in [1.82, 2.24) is 15.5 Å². The normalized spacial score (nSPS) is 16.4. The number of hydrogen-bond donors (Lipinski definition) is 1. The summed E-state index contributed by atoms with van der Waals surface area (Å²) in [4.78, 5) is 12.1. The van der Waals surface area contributed by atoms with Crippen molar-refractivity contribution in [3.8, 4) is 17.2 Å². The maximum atomic E-state index is 12.1. The first-order valence-electron chi connectivity index (χ1n) is 7.56. The van der Waals surface area contributed by atoms with Gasteiger partial charge in [-0.15, -0.1) is 10.2 Å². The van der Waals surface area contributed by atoms with E-state index in [4.69, 9.17) is 9.15 Å². The first-order chi connectivity index (χ1) is 10.7. The number of aromatic nitrogens is 2. The fourth-order valence-corrected chi connectivity index (χ4v) is 2.62. The molecule has 22 heavy (non-hydrogen) atoms. The van der Waals surface area contributed by atoms with E-state index in [1.165, 1.54) is 19.2 Å². The van der Waals surface area contributed by atoms with Crippen LogP contribution in [-0.2, 0) is 4.79 Å². The van der Waals surface area contributed by atoms with Crippen molar-refractivity contribution in [3.63, 3.8) is 0 Å². The van der Waals surface area contributed by atoms with Crippen LogP contribution in [0, 0.1) is 0 Å². The van der Waals surface area contributed by atoms with Crippen molar-refractivity contribution in [2.45, 2.75) is 44.8 Å². The van der Waals surface area contributed by atoms with E-state index in [0.717, 1.165) is 18.4 Å². The van der Waals surface area contributed by atoms with Crippen LogP contribution in [0.2, 0.25) is 0 Å². The molecule has 1 unspecified atom stereocenters. The summed E-state index contributed by atoms with van der Waals surface area (Å²) in [5.41, 5.74) is 0.813. The number of amides is 1. The maximum Gasteiger partial charge on any atom is 0.260 e. The van der Waals surface area contributed by atoms with Crippen molar-refractivity contribution in [2.24, 2.45) is 0 Å². The van der Waals surface area contributed by atoms with Gasteiger partial charge in [-0.2, -0.15) is 0 Å². The zero-order valence-corrected chi connectivity index (χ0v) is 12.5. The van der Waals surface area contributed by atoms with Crippen molar-refractivity contribution in [3.05, 3.63) is 30.7 Å². The first kappa shape index (κ1) is 14.6. The summed E-state index contributed by atoms with van der Waals surface area (Å²) in [5.74, 6) is 1.03. The number of rotatable bonds is 5. The minimum Gasteiger partial charge on any atom is -0.481 e. The molecule has 1 heterocycles. The molecule has 1 aromatic heterocycles. The Morgan fingerprint density at radius 2 is 2.05 bits per heavy atom. The molecule has 6 nitrogen and oxygen atoms in total. The standard InChI is InChI=1S/C16H19N3O3/c1-11(15(20)18-13-4-2-3-5-13)22-14-8-6-12(7-9-14)16-19-17-10-21-16/h6-11,13H,2-5H2,1H3,(H,18,20). The average molecular weight is 301 g/mol. The Bertz CT molecular complexity index is 604. The van der Waals surface area contributed by atoms with Crippen LogP contribution in [0.4, 0.5) is 0 Å². The van der Waals surface area contributed by atoms with Gasteiger partial charge < -0.3 is 14.5 Å². The van der Waals surface area contributed by atoms with Gasteiger partial charge in [0.05, 0.1) is 0 Å². The predicted octanol–water partition coefficient (Wildman–Crippen LogP) is 2.56. The second-order valence-electron chi connectivity index (χ2n) is 5.52. The van der Waals surface area contributed by atoms with Crippen LogP contribution in [-0.4, -0.2) is 28.3 Å². The second kappa shape index (κ2) is 6.60. The minimum absolute atomic E-state index is 0.0622. The van der Waals surface area contributed by atoms with Crippen LogP contribution in [0.1, 0.15) is 32.6 Å². The molecule has 1 amide bonds. The van der Waals surface area contributed by atoms with Crippen molar-refractivity contribution < 1.29 is 13.9 Å². The molecular formula is C16H19N3O3. The first-order valence-corrected chi connectivity index (χ1v) is 7.56. The molecule has 0 radical (unpaired) electrons. The van der Waals surface area contributed by atoms with Crippen molar-refractivity contribution in [1.29, 1.82) is 0 Å². The Kier molecular flexibility index (Phi) is 4.37. The quantitative estimate of drug-likeness (QED) is 0.918. The van der Waals surface area contributed by atoms with E-state index >= 15 is 0 Å². The molecule has 1 aromatic carbocycles. The summed E-state index contributed by atoms with van der Waals surface area (Å²) < 4.78 is 10.8. The fraction of sp³-hybridized carbons (Fsp3) is 0.438. The average Bonchev–Trinajstić information content (AvgIpc) is 3.21. The van der Waals surface area contributed by atoms with Gasteiger partial charge in [0, 0.05) is 11.6 Å². The summed E-state index contributed by atoms with van der Waals surface area (Å²) >= 11 is 0. The van der Waals surface area contributed by atoms with Gasteiger partial charge in [0.1, 0.15) is 5.75 Å². The number of nitrogens with zero attached hydrogens (tertiary/aromatic N) is 2. The van der Waals surface area contributed by atoms with E-state index in [9.17, 15) is 4.79 Å². The molecule has 3 rings (SSSR count). The van der Waals surface area contributed by atoms with Gasteiger partial charge in [-0.3, -0.25) is 4.79 Å². The van der Waals surface area contributed by atoms with Gasteiger partial charge in [0.15, 0.2) is 6.10 Å². The van der Waals surface area contributed by atoms with Gasteiger partial charge in [-0.05, 0) is 44.0 Å². The summed E-state index contributed by atoms with van der Waals surface area (Å²) in [6, 6.07) is 7.53. The molecule has 0 bridgehead atoms. The van der Waals surface area contributed by atoms with Gasteiger partial charge in [-0.1, -0.05) is 12.8 Å². The largest absolute Gasteiger partial charge is 0.481 e. The SMILES string of the molecule is CC(Oc1ccc(-c2nnco2)cc1)C(=O)NC1CCCC1. The molecule has 1 saturated carbocycles. The lowest BCUT2D eigenvalue weighted by atomic mass is 10.2. The molecule has 2 aromatic rings. The topological polar surface area (TPSA) is 77.2 Å². The fourth-order valence-electron chi connectivity index (χ4n) is 2.62. The third kappa shape index (κ3) is 3.44. The highest BCUT2D eigenvalue weighted by molar-refractivity contribution is 5.81. The van der Waals surface area contributed by atoms with E-state index in [1.54, 1.807) is 19.1 Å². The van der Waals surface area contributed by atoms with Crippen LogP contribution in [0.25, 0.3) is 11.5 Å². The summed E-state index contributed by atoms with van der Waals surface area (Å²) in [6.07, 6.45) is 5.29. The van der Waals surface area contributed by atoms with Gasteiger partial charge in [-0.25, -0.2) is 0 Å². The van der Waals surface area contributed by atoms with Crippen LogP contribution < -0.4 is 10.1 Å². The van der Waals surface area contributed by atoms with E-state index in [1.807, 2.05) is 12.1 Å². The lowest BCUT2D eigenvalue weighted by Gasteiger charge is -2.18. The van der Waals surface area contributed by atoms with Crippen LogP contribution in [0.5, 0.6) is 5.75 Å². The third-order valence-electron chi connectivity index (χ3n) is 3.84. The molecule has 0 aliphatic heterocycles. The molecule has 1 atom stereocenters. The molecular weight excluding hydrogens is 282 g/mol. The zero-order chi connectivity index (χ0) is 15.4. The molecule has 116 valence electrons. The molecule has 1 fully saturated rings. The highest BCUT2D eigenvalue weighted by Gasteiger charge is 2.21. The number of carbonyl (C=O) groups is 1. The molecule has 1 aliphatic carbocycles. The number of ether oxygens (including phenoxy) is 1. The number of nitrogens with one attached hydrogen (secondary N) is 1. The maximum absolute atomic E-state index is 12.1. The van der Waals surface area contributed by atoms with Crippen LogP contribution >= 0.6 is 0 Å². The van der Waals surface area contributed by atoms with Gasteiger partial charge >= 0.3 is 0 Å². The molecule has 0 saturated heterocycles. The Balaban J connectivity index is 1.56. The molecule has 1 aliphatic rings. The van der Waals surface area contributed by atoms with E-state index in [0.29, 0.717) is 17.7 Å². The van der Waals surface area contributed by atoms with Gasteiger partial charge in [0.2, 0.25) is 12.3 Å². The van der Waals surface area contributed by atoms with Crippen molar-refractivity contribution in [2.75, 3.05) is 0 Å².